The molecule has 0 radical (unpaired) electrons. The number of likely N-dealkylation sites (tertiary alicyclic amines) is 1. The van der Waals surface area contributed by atoms with Gasteiger partial charge in [0, 0.05) is 22.6 Å². The van der Waals surface area contributed by atoms with Crippen molar-refractivity contribution in [3.63, 3.8) is 0 Å². The van der Waals surface area contributed by atoms with Crippen LogP contribution in [0.2, 0.25) is 10.0 Å². The molecule has 3 aromatic carbocycles. The summed E-state index contributed by atoms with van der Waals surface area (Å²) in [6.07, 6.45) is 4.83. The molecule has 0 saturated carbocycles. The predicted octanol–water partition coefficient (Wildman–Crippen LogP) is 8.54. The minimum atomic E-state index is -0.184. The molecule has 3 atom stereocenters. The summed E-state index contributed by atoms with van der Waals surface area (Å²) < 4.78 is 11.0. The molecule has 1 saturated heterocycles. The first-order valence-electron chi connectivity index (χ1n) is 14.0. The van der Waals surface area contributed by atoms with Gasteiger partial charge in [0.2, 0.25) is 5.91 Å². The van der Waals surface area contributed by atoms with Gasteiger partial charge in [-0.15, -0.1) is 6.58 Å². The minimum absolute atomic E-state index is 0.0293. The van der Waals surface area contributed by atoms with Gasteiger partial charge in [0.15, 0.2) is 0 Å². The fourth-order valence-electron chi connectivity index (χ4n) is 4.67. The molecular formula is C34H43Cl2NO4. The molecule has 3 aromatic rings. The Morgan fingerprint density at radius 1 is 1.00 bits per heavy atom. The van der Waals surface area contributed by atoms with Gasteiger partial charge in [-0.3, -0.25) is 4.79 Å². The van der Waals surface area contributed by atoms with E-state index in [9.17, 15) is 9.90 Å². The molecule has 1 aliphatic heterocycles. The van der Waals surface area contributed by atoms with Gasteiger partial charge in [-0.25, -0.2) is 0 Å². The summed E-state index contributed by atoms with van der Waals surface area (Å²) in [7, 11) is 1.65. The Hall–Kier alpha value is -2.83. The Morgan fingerprint density at radius 2 is 1.61 bits per heavy atom. The van der Waals surface area contributed by atoms with E-state index in [1.165, 1.54) is 0 Å². The molecule has 1 amide bonds. The van der Waals surface area contributed by atoms with E-state index in [1.54, 1.807) is 13.2 Å². The Morgan fingerprint density at radius 3 is 2.12 bits per heavy atom. The van der Waals surface area contributed by atoms with Crippen LogP contribution in [-0.4, -0.2) is 42.3 Å². The van der Waals surface area contributed by atoms with Gasteiger partial charge in [0.25, 0.3) is 0 Å². The molecule has 1 aliphatic rings. The zero-order valence-electron chi connectivity index (χ0n) is 24.3. The van der Waals surface area contributed by atoms with Crippen LogP contribution in [0.1, 0.15) is 56.7 Å². The lowest BCUT2D eigenvalue weighted by Gasteiger charge is -2.43. The van der Waals surface area contributed by atoms with E-state index < -0.39 is 0 Å². The number of ether oxygens (including phenoxy) is 2. The first-order chi connectivity index (χ1) is 19.9. The quantitative estimate of drug-likeness (QED) is 0.187. The zero-order valence-corrected chi connectivity index (χ0v) is 25.9. The number of benzene rings is 3. The van der Waals surface area contributed by atoms with Crippen molar-refractivity contribution in [2.24, 2.45) is 5.92 Å². The molecule has 3 unspecified atom stereocenters. The highest BCUT2D eigenvalue weighted by Crippen LogP contribution is 2.38. The second kappa shape index (κ2) is 19.3. The molecule has 1 fully saturated rings. The van der Waals surface area contributed by atoms with Crippen LogP contribution < -0.4 is 4.74 Å². The molecule has 5 nitrogen and oxygen atoms in total. The molecule has 1 N–H and O–H groups in total. The van der Waals surface area contributed by atoms with Gasteiger partial charge in [0.05, 0.1) is 32.4 Å². The summed E-state index contributed by atoms with van der Waals surface area (Å²) in [6, 6.07) is 24.7. The third-order valence-corrected chi connectivity index (χ3v) is 7.33. The molecule has 0 spiro atoms. The number of methoxy groups -OCH3 is 1. The van der Waals surface area contributed by atoms with Crippen molar-refractivity contribution in [2.45, 2.75) is 58.2 Å². The van der Waals surface area contributed by atoms with E-state index in [2.05, 4.69) is 6.58 Å². The molecule has 222 valence electrons. The van der Waals surface area contributed by atoms with E-state index in [0.717, 1.165) is 34.7 Å². The molecule has 1 heterocycles. The Labute approximate surface area is 255 Å². The van der Waals surface area contributed by atoms with Gasteiger partial charge in [0.1, 0.15) is 5.75 Å². The van der Waals surface area contributed by atoms with Gasteiger partial charge < -0.3 is 19.5 Å². The van der Waals surface area contributed by atoms with Crippen molar-refractivity contribution < 1.29 is 19.4 Å². The maximum Gasteiger partial charge on any atom is 0.226 e. The van der Waals surface area contributed by atoms with Crippen LogP contribution in [0.4, 0.5) is 0 Å². The summed E-state index contributed by atoms with van der Waals surface area (Å²) in [5, 5.41) is 11.4. The highest BCUT2D eigenvalue weighted by atomic mass is 35.5. The number of allylic oxidation sites excluding steroid dienone is 1. The maximum atomic E-state index is 13.4. The number of hydrogen-bond acceptors (Lipinski definition) is 4. The predicted molar refractivity (Wildman–Crippen MR) is 170 cm³/mol. The SMILES string of the molecule is C=CC.CCC(CO)N1C(=O)C(CCOCc2ccc(OC)cc2)CCC1c1ccc(Cl)cc1.Clc1ccccc1. The molecule has 4 rings (SSSR count). The van der Waals surface area contributed by atoms with E-state index in [0.29, 0.717) is 31.1 Å². The number of hydrogen-bond donors (Lipinski definition) is 1. The monoisotopic (exact) mass is 599 g/mol. The highest BCUT2D eigenvalue weighted by molar-refractivity contribution is 6.30. The molecule has 0 bridgehead atoms. The fourth-order valence-corrected chi connectivity index (χ4v) is 4.94. The minimum Gasteiger partial charge on any atom is -0.497 e. The van der Waals surface area contributed by atoms with Crippen molar-refractivity contribution in [1.29, 1.82) is 0 Å². The van der Waals surface area contributed by atoms with E-state index in [-0.39, 0.29) is 30.5 Å². The lowest BCUT2D eigenvalue weighted by Crippen LogP contribution is -2.50. The Balaban J connectivity index is 0.000000498. The number of amides is 1. The second-order valence-corrected chi connectivity index (χ2v) is 10.6. The Bertz CT molecular complexity index is 1140. The zero-order chi connectivity index (χ0) is 30.0. The third-order valence-electron chi connectivity index (χ3n) is 6.83. The normalized spacial score (nSPS) is 16.9. The van der Waals surface area contributed by atoms with Crippen LogP contribution in [0.25, 0.3) is 0 Å². The average Bonchev–Trinajstić information content (AvgIpc) is 2.99. The van der Waals surface area contributed by atoms with Crippen molar-refractivity contribution in [2.75, 3.05) is 20.3 Å². The average molecular weight is 601 g/mol. The number of piperidine rings is 1. The van der Waals surface area contributed by atoms with Crippen LogP contribution in [-0.2, 0) is 16.1 Å². The maximum absolute atomic E-state index is 13.4. The molecule has 0 aliphatic carbocycles. The van der Waals surface area contributed by atoms with E-state index >= 15 is 0 Å². The van der Waals surface area contributed by atoms with Crippen LogP contribution in [0, 0.1) is 5.92 Å². The molecule has 7 heteroatoms. The van der Waals surface area contributed by atoms with Gasteiger partial charge in [-0.05, 0) is 80.1 Å². The summed E-state index contributed by atoms with van der Waals surface area (Å²) in [4.78, 5) is 15.3. The van der Waals surface area contributed by atoms with Crippen LogP contribution in [0.15, 0.2) is 91.5 Å². The van der Waals surface area contributed by atoms with Crippen LogP contribution in [0.3, 0.4) is 0 Å². The van der Waals surface area contributed by atoms with Crippen LogP contribution >= 0.6 is 23.2 Å². The first-order valence-corrected chi connectivity index (χ1v) is 14.8. The largest absolute Gasteiger partial charge is 0.497 e. The molecule has 0 aromatic heterocycles. The Kier molecular flexibility index (Phi) is 16.2. The first kappa shape index (κ1) is 34.4. The number of aliphatic hydroxyl groups is 1. The third kappa shape index (κ3) is 11.5. The van der Waals surface area contributed by atoms with Gasteiger partial charge in [-0.1, -0.05) is 78.7 Å². The highest BCUT2D eigenvalue weighted by Gasteiger charge is 2.38. The number of nitrogens with zero attached hydrogens (tertiary/aromatic N) is 1. The number of rotatable bonds is 10. The topological polar surface area (TPSA) is 59.0 Å². The van der Waals surface area contributed by atoms with Crippen molar-refractivity contribution >= 4 is 29.1 Å². The van der Waals surface area contributed by atoms with E-state index in [1.807, 2.05) is 97.6 Å². The fraction of sp³-hybridized carbons (Fsp3) is 0.382. The van der Waals surface area contributed by atoms with Crippen molar-refractivity contribution in [3.8, 4) is 5.75 Å². The summed E-state index contributed by atoms with van der Waals surface area (Å²) in [6.45, 7) is 8.26. The summed E-state index contributed by atoms with van der Waals surface area (Å²) in [5.41, 5.74) is 2.14. The number of carbonyl (C=O) groups is 1. The van der Waals surface area contributed by atoms with Crippen molar-refractivity contribution in [3.05, 3.63) is 113 Å². The van der Waals surface area contributed by atoms with Gasteiger partial charge in [-0.2, -0.15) is 0 Å². The molecular weight excluding hydrogens is 557 g/mol. The number of aliphatic hydroxyl groups excluding tert-OH is 1. The summed E-state index contributed by atoms with van der Waals surface area (Å²) in [5.74, 6) is 0.849. The van der Waals surface area contributed by atoms with Crippen molar-refractivity contribution in [1.82, 2.24) is 4.90 Å². The lowest BCUT2D eigenvalue weighted by atomic mass is 9.85. The second-order valence-electron chi connectivity index (χ2n) is 9.72. The number of halogens is 2. The van der Waals surface area contributed by atoms with Gasteiger partial charge >= 0.3 is 0 Å². The van der Waals surface area contributed by atoms with E-state index in [4.69, 9.17) is 32.7 Å². The summed E-state index contributed by atoms with van der Waals surface area (Å²) >= 11 is 11.6. The van der Waals surface area contributed by atoms with Crippen LogP contribution in [0.5, 0.6) is 5.75 Å². The standard InChI is InChI=1S/C25H32ClNO4.C6H5Cl.C3H6/c1-3-22(16-28)27-24(19-6-9-21(26)10-7-19)13-8-20(25(27)29)14-15-31-17-18-4-11-23(30-2)12-5-18;7-6-4-2-1-3-5-6;1-3-2/h4-7,9-12,20,22,24,28H,3,8,13-17H2,1-2H3;1-5H;3H,1H2,2H3. The molecule has 41 heavy (non-hydrogen) atoms. The lowest BCUT2D eigenvalue weighted by molar-refractivity contribution is -0.147. The number of carbonyl (C=O) groups excluding carboxylic acids is 1. The smallest absolute Gasteiger partial charge is 0.226 e.